The first-order chi connectivity index (χ1) is 11.7. The number of carbonyl (C=O) groups is 1. The van der Waals surface area contributed by atoms with Gasteiger partial charge < -0.3 is 15.4 Å². The van der Waals surface area contributed by atoms with Gasteiger partial charge in [0.1, 0.15) is 11.1 Å². The third-order valence-corrected chi connectivity index (χ3v) is 4.81. The van der Waals surface area contributed by atoms with Crippen LogP contribution in [-0.4, -0.2) is 40.6 Å². The molecule has 126 valence electrons. The molecule has 24 heavy (non-hydrogen) atoms. The van der Waals surface area contributed by atoms with Crippen molar-refractivity contribution >= 4 is 30.6 Å². The molecule has 7 nitrogen and oxygen atoms in total. The highest BCUT2D eigenvalue weighted by atomic mass is 31.0. The largest absolute Gasteiger partial charge is 0.464 e. The number of hydrogen-bond acceptors (Lipinski definition) is 6. The standard InChI is InChI=1S/C16H20N5O2P/c1-3-5-13-18-9-11-14(19-8-10-6-12(22)17-7-10)20-16(23-4-2)21-15(11)24-13/h3,9-10H,1,4-8H2,2H3,(H,17,22)(H,19,20,21). The van der Waals surface area contributed by atoms with Crippen LogP contribution in [0.5, 0.6) is 6.01 Å². The van der Waals surface area contributed by atoms with Gasteiger partial charge in [-0.1, -0.05) is 6.08 Å². The highest BCUT2D eigenvalue weighted by Gasteiger charge is 2.21. The second-order valence-corrected chi connectivity index (χ2v) is 6.72. The first-order valence-electron chi connectivity index (χ1n) is 7.97. The minimum atomic E-state index is 0.102. The quantitative estimate of drug-likeness (QED) is 0.749. The summed E-state index contributed by atoms with van der Waals surface area (Å²) in [5.41, 5.74) is 0.996. The average Bonchev–Trinajstić information content (AvgIpc) is 2.98. The molecule has 1 fully saturated rings. The van der Waals surface area contributed by atoms with E-state index in [1.165, 1.54) is 0 Å². The van der Waals surface area contributed by atoms with Crippen molar-refractivity contribution < 1.29 is 9.53 Å². The highest BCUT2D eigenvalue weighted by molar-refractivity contribution is 7.37. The molecule has 1 unspecified atom stereocenters. The van der Waals surface area contributed by atoms with Gasteiger partial charge in [-0.15, -0.1) is 6.58 Å². The summed E-state index contributed by atoms with van der Waals surface area (Å²) in [6.07, 6.45) is 4.89. The van der Waals surface area contributed by atoms with Gasteiger partial charge in [-0.25, -0.2) is 0 Å². The van der Waals surface area contributed by atoms with Crippen LogP contribution in [0.25, 0.3) is 10.6 Å². The van der Waals surface area contributed by atoms with Gasteiger partial charge in [0, 0.05) is 38.0 Å². The van der Waals surface area contributed by atoms with Crippen LogP contribution in [0, 0.1) is 5.92 Å². The number of rotatable bonds is 7. The summed E-state index contributed by atoms with van der Waals surface area (Å²) in [6.45, 7) is 7.53. The highest BCUT2D eigenvalue weighted by Crippen LogP contribution is 2.30. The van der Waals surface area contributed by atoms with E-state index in [1.54, 1.807) is 6.20 Å². The molecule has 0 bridgehead atoms. The number of aromatic nitrogens is 3. The van der Waals surface area contributed by atoms with Gasteiger partial charge in [0.05, 0.1) is 17.4 Å². The predicted octanol–water partition coefficient (Wildman–Crippen LogP) is 2.28. The lowest BCUT2D eigenvalue weighted by Gasteiger charge is -2.13. The molecule has 1 amide bonds. The summed E-state index contributed by atoms with van der Waals surface area (Å²) in [5, 5.41) is 7.93. The second kappa shape index (κ2) is 7.53. The van der Waals surface area contributed by atoms with Crippen LogP contribution < -0.4 is 15.4 Å². The van der Waals surface area contributed by atoms with Crippen LogP contribution in [0.1, 0.15) is 18.8 Å². The molecule has 0 radical (unpaired) electrons. The van der Waals surface area contributed by atoms with Crippen molar-refractivity contribution in [1.82, 2.24) is 20.3 Å². The maximum atomic E-state index is 11.3. The Morgan fingerprint density at radius 1 is 1.54 bits per heavy atom. The van der Waals surface area contributed by atoms with Gasteiger partial charge in [0.2, 0.25) is 5.91 Å². The molecular weight excluding hydrogens is 325 g/mol. The van der Waals surface area contributed by atoms with Crippen LogP contribution >= 0.6 is 8.19 Å². The van der Waals surface area contributed by atoms with E-state index in [-0.39, 0.29) is 11.8 Å². The molecule has 8 heteroatoms. The summed E-state index contributed by atoms with van der Waals surface area (Å²) in [4.78, 5) is 24.7. The lowest BCUT2D eigenvalue weighted by Crippen LogP contribution is -2.18. The number of ether oxygens (including phenoxy) is 1. The number of carbonyl (C=O) groups excluding carboxylic acids is 1. The first kappa shape index (κ1) is 16.6. The molecular formula is C16H20N5O2P. The second-order valence-electron chi connectivity index (χ2n) is 5.56. The van der Waals surface area contributed by atoms with Gasteiger partial charge >= 0.3 is 6.01 Å². The van der Waals surface area contributed by atoms with Crippen molar-refractivity contribution in [2.75, 3.05) is 25.0 Å². The molecule has 2 N–H and O–H groups in total. The molecule has 1 saturated heterocycles. The lowest BCUT2D eigenvalue weighted by atomic mass is 10.1. The zero-order valence-electron chi connectivity index (χ0n) is 13.6. The molecule has 0 aliphatic carbocycles. The van der Waals surface area contributed by atoms with E-state index in [2.05, 4.69) is 32.2 Å². The Morgan fingerprint density at radius 2 is 2.42 bits per heavy atom. The topological polar surface area (TPSA) is 89.0 Å². The fourth-order valence-corrected chi connectivity index (χ4v) is 3.54. The molecule has 3 rings (SSSR count). The van der Waals surface area contributed by atoms with Crippen molar-refractivity contribution in [1.29, 1.82) is 0 Å². The third-order valence-electron chi connectivity index (χ3n) is 3.70. The van der Waals surface area contributed by atoms with Crippen LogP contribution in [0.4, 0.5) is 5.82 Å². The Bertz CT molecular complexity index is 767. The molecule has 1 atom stereocenters. The van der Waals surface area contributed by atoms with E-state index in [0.29, 0.717) is 37.9 Å². The monoisotopic (exact) mass is 345 g/mol. The van der Waals surface area contributed by atoms with Crippen molar-refractivity contribution in [3.63, 3.8) is 0 Å². The Balaban J connectivity index is 1.88. The smallest absolute Gasteiger partial charge is 0.319 e. The minimum absolute atomic E-state index is 0.102. The van der Waals surface area contributed by atoms with Crippen molar-refractivity contribution in [3.8, 4) is 6.01 Å². The maximum Gasteiger partial charge on any atom is 0.319 e. The van der Waals surface area contributed by atoms with Gasteiger partial charge in [0.15, 0.2) is 0 Å². The van der Waals surface area contributed by atoms with E-state index in [9.17, 15) is 4.79 Å². The van der Waals surface area contributed by atoms with Gasteiger partial charge in [-0.3, -0.25) is 9.78 Å². The van der Waals surface area contributed by atoms with Gasteiger partial charge in [-0.2, -0.15) is 9.97 Å². The molecule has 0 saturated carbocycles. The fraction of sp³-hybridized carbons (Fsp3) is 0.438. The fourth-order valence-electron chi connectivity index (χ4n) is 2.54. The summed E-state index contributed by atoms with van der Waals surface area (Å²) in [5.74, 6) is 1.07. The maximum absolute atomic E-state index is 11.3. The minimum Gasteiger partial charge on any atom is -0.464 e. The lowest BCUT2D eigenvalue weighted by molar-refractivity contribution is -0.119. The number of nitrogens with one attached hydrogen (secondary N) is 2. The van der Waals surface area contributed by atoms with Crippen LogP contribution in [-0.2, 0) is 11.2 Å². The van der Waals surface area contributed by atoms with E-state index < -0.39 is 0 Å². The third kappa shape index (κ3) is 3.79. The number of hydrogen-bond donors (Lipinski definition) is 2. The van der Waals surface area contributed by atoms with Crippen molar-refractivity contribution in [3.05, 3.63) is 24.3 Å². The summed E-state index contributed by atoms with van der Waals surface area (Å²) in [6, 6.07) is 0.361. The molecule has 3 heterocycles. The summed E-state index contributed by atoms with van der Waals surface area (Å²) in [7, 11) is 0.945. The normalized spacial score (nSPS) is 17.2. The Hall–Kier alpha value is -2.27. The number of nitrogens with zero attached hydrogens (tertiary/aromatic N) is 3. The molecule has 2 aromatic heterocycles. The van der Waals surface area contributed by atoms with Crippen LogP contribution in [0.15, 0.2) is 18.9 Å². The number of allylic oxidation sites excluding steroid dienone is 1. The molecule has 1 aliphatic rings. The van der Waals surface area contributed by atoms with E-state index in [1.807, 2.05) is 13.0 Å². The Morgan fingerprint density at radius 3 is 3.12 bits per heavy atom. The van der Waals surface area contributed by atoms with Gasteiger partial charge in [0.25, 0.3) is 0 Å². The van der Waals surface area contributed by atoms with Crippen molar-refractivity contribution in [2.24, 2.45) is 5.92 Å². The average molecular weight is 345 g/mol. The molecule has 2 aromatic rings. The number of anilines is 1. The van der Waals surface area contributed by atoms with E-state index >= 15 is 0 Å². The van der Waals surface area contributed by atoms with E-state index in [4.69, 9.17) is 4.74 Å². The Labute approximate surface area is 142 Å². The van der Waals surface area contributed by atoms with Gasteiger partial charge in [-0.05, 0) is 15.1 Å². The zero-order valence-corrected chi connectivity index (χ0v) is 14.5. The zero-order chi connectivity index (χ0) is 16.9. The molecule has 0 spiro atoms. The summed E-state index contributed by atoms with van der Waals surface area (Å²) < 4.78 is 5.49. The summed E-state index contributed by atoms with van der Waals surface area (Å²) >= 11 is 0. The number of amides is 1. The molecule has 0 aromatic carbocycles. The van der Waals surface area contributed by atoms with Crippen LogP contribution in [0.2, 0.25) is 0 Å². The number of fused-ring (bicyclic) bond motifs is 1. The van der Waals surface area contributed by atoms with Crippen LogP contribution in [0.3, 0.4) is 0 Å². The predicted molar refractivity (Wildman–Crippen MR) is 94.5 cm³/mol. The van der Waals surface area contributed by atoms with Crippen molar-refractivity contribution in [2.45, 2.75) is 19.8 Å². The Kier molecular flexibility index (Phi) is 5.20. The molecule has 1 aliphatic heterocycles. The first-order valence-corrected chi connectivity index (χ1v) is 8.87. The SMILES string of the molecule is C=CCc1ncc2c(NCC3CNC(=O)C3)nc(OCC)nc2p1. The van der Waals surface area contributed by atoms with E-state index in [0.717, 1.165) is 30.7 Å².